The van der Waals surface area contributed by atoms with E-state index in [2.05, 4.69) is 22.2 Å². The monoisotopic (exact) mass is 299 g/mol. The number of nitrogens with zero attached hydrogens (tertiary/aromatic N) is 2. The minimum Gasteiger partial charge on any atom is -0.379 e. The minimum absolute atomic E-state index is 0.656. The number of hydrogen-bond donors (Lipinski definition) is 1. The van der Waals surface area contributed by atoms with Gasteiger partial charge in [0.2, 0.25) is 0 Å². The standard InChI is InChI=1S/C15H29N3OS/c1-17(14-6-3-2-4-7-14)15(20)16-8-5-9-18-10-12-19-13-11-18/h14H,2-13H2,1H3,(H,16,20). The second-order valence-electron chi connectivity index (χ2n) is 5.94. The van der Waals surface area contributed by atoms with Gasteiger partial charge in [0.15, 0.2) is 5.11 Å². The summed E-state index contributed by atoms with van der Waals surface area (Å²) in [5, 5.41) is 4.35. The molecule has 0 amide bonds. The van der Waals surface area contributed by atoms with Gasteiger partial charge in [-0.3, -0.25) is 4.90 Å². The van der Waals surface area contributed by atoms with Gasteiger partial charge in [0.1, 0.15) is 0 Å². The van der Waals surface area contributed by atoms with Gasteiger partial charge in [0, 0.05) is 32.7 Å². The van der Waals surface area contributed by atoms with E-state index in [4.69, 9.17) is 17.0 Å². The van der Waals surface area contributed by atoms with Crippen LogP contribution in [-0.4, -0.2) is 67.4 Å². The summed E-state index contributed by atoms with van der Waals surface area (Å²) in [4.78, 5) is 4.75. The third-order valence-electron chi connectivity index (χ3n) is 4.47. The van der Waals surface area contributed by atoms with Crippen LogP contribution >= 0.6 is 12.2 Å². The molecule has 4 nitrogen and oxygen atoms in total. The van der Waals surface area contributed by atoms with E-state index < -0.39 is 0 Å². The van der Waals surface area contributed by atoms with Crippen molar-refractivity contribution in [2.75, 3.05) is 46.4 Å². The number of nitrogens with one attached hydrogen (secondary N) is 1. The van der Waals surface area contributed by atoms with Crippen LogP contribution in [0.3, 0.4) is 0 Å². The molecular formula is C15H29N3OS. The van der Waals surface area contributed by atoms with Crippen LogP contribution in [0.1, 0.15) is 38.5 Å². The Morgan fingerprint density at radius 3 is 2.65 bits per heavy atom. The third-order valence-corrected chi connectivity index (χ3v) is 4.91. The molecule has 0 aromatic heterocycles. The highest BCUT2D eigenvalue weighted by atomic mass is 32.1. The first-order valence-corrected chi connectivity index (χ1v) is 8.49. The van der Waals surface area contributed by atoms with Crippen molar-refractivity contribution in [3.05, 3.63) is 0 Å². The van der Waals surface area contributed by atoms with Crippen molar-refractivity contribution in [1.82, 2.24) is 15.1 Å². The molecule has 0 bridgehead atoms. The molecular weight excluding hydrogens is 270 g/mol. The summed E-state index contributed by atoms with van der Waals surface area (Å²) in [6.45, 7) is 6.05. The predicted octanol–water partition coefficient (Wildman–Crippen LogP) is 1.85. The lowest BCUT2D eigenvalue weighted by molar-refractivity contribution is 0.0375. The molecule has 0 unspecified atom stereocenters. The number of ether oxygens (including phenoxy) is 1. The van der Waals surface area contributed by atoms with Gasteiger partial charge in [-0.1, -0.05) is 19.3 Å². The molecule has 1 aliphatic heterocycles. The first-order chi connectivity index (χ1) is 9.77. The summed E-state index contributed by atoms with van der Waals surface area (Å²) in [5.41, 5.74) is 0. The topological polar surface area (TPSA) is 27.7 Å². The van der Waals surface area contributed by atoms with Gasteiger partial charge in [-0.2, -0.15) is 0 Å². The van der Waals surface area contributed by atoms with Crippen molar-refractivity contribution in [2.24, 2.45) is 0 Å². The molecule has 1 saturated carbocycles. The van der Waals surface area contributed by atoms with E-state index in [1.165, 1.54) is 32.1 Å². The van der Waals surface area contributed by atoms with Crippen molar-refractivity contribution < 1.29 is 4.74 Å². The SMILES string of the molecule is CN(C(=S)NCCCN1CCOCC1)C1CCCCC1. The Morgan fingerprint density at radius 2 is 1.95 bits per heavy atom. The van der Waals surface area contributed by atoms with E-state index >= 15 is 0 Å². The van der Waals surface area contributed by atoms with E-state index in [9.17, 15) is 0 Å². The highest BCUT2D eigenvalue weighted by molar-refractivity contribution is 7.80. The van der Waals surface area contributed by atoms with E-state index in [-0.39, 0.29) is 0 Å². The molecule has 0 radical (unpaired) electrons. The molecule has 0 aromatic carbocycles. The van der Waals surface area contributed by atoms with Crippen molar-refractivity contribution in [1.29, 1.82) is 0 Å². The zero-order valence-electron chi connectivity index (χ0n) is 12.8. The van der Waals surface area contributed by atoms with Gasteiger partial charge < -0.3 is 15.0 Å². The van der Waals surface area contributed by atoms with Crippen molar-refractivity contribution in [2.45, 2.75) is 44.6 Å². The van der Waals surface area contributed by atoms with Gasteiger partial charge in [0.05, 0.1) is 13.2 Å². The van der Waals surface area contributed by atoms with Crippen LogP contribution in [0.5, 0.6) is 0 Å². The highest BCUT2D eigenvalue weighted by Gasteiger charge is 2.19. The van der Waals surface area contributed by atoms with E-state index in [0.717, 1.165) is 50.9 Å². The maximum absolute atomic E-state index is 5.51. The lowest BCUT2D eigenvalue weighted by Crippen LogP contribution is -2.45. The molecule has 1 saturated heterocycles. The number of thiocarbonyl (C=S) groups is 1. The molecule has 2 aliphatic rings. The Kier molecular flexibility index (Phi) is 7.03. The molecule has 5 heteroatoms. The Labute approximate surface area is 128 Å². The Bertz CT molecular complexity index is 289. The summed E-state index contributed by atoms with van der Waals surface area (Å²) in [5.74, 6) is 0. The lowest BCUT2D eigenvalue weighted by atomic mass is 9.95. The molecule has 0 spiro atoms. The number of rotatable bonds is 5. The van der Waals surface area contributed by atoms with Crippen LogP contribution in [0, 0.1) is 0 Å². The molecule has 0 aromatic rings. The zero-order chi connectivity index (χ0) is 14.2. The quantitative estimate of drug-likeness (QED) is 0.618. The largest absolute Gasteiger partial charge is 0.379 e. The molecule has 20 heavy (non-hydrogen) atoms. The number of hydrogen-bond acceptors (Lipinski definition) is 3. The fraction of sp³-hybridized carbons (Fsp3) is 0.933. The van der Waals surface area contributed by atoms with E-state index in [1.54, 1.807) is 0 Å². The molecule has 1 N–H and O–H groups in total. The second-order valence-corrected chi connectivity index (χ2v) is 6.33. The molecule has 2 fully saturated rings. The van der Waals surface area contributed by atoms with Crippen LogP contribution in [-0.2, 0) is 4.74 Å². The first-order valence-electron chi connectivity index (χ1n) is 8.08. The van der Waals surface area contributed by atoms with Crippen LogP contribution in [0.4, 0.5) is 0 Å². The molecule has 1 heterocycles. The number of morpholine rings is 1. The molecule has 2 rings (SSSR count). The van der Waals surface area contributed by atoms with Crippen LogP contribution < -0.4 is 5.32 Å². The Hall–Kier alpha value is -0.390. The van der Waals surface area contributed by atoms with Gasteiger partial charge in [-0.25, -0.2) is 0 Å². The van der Waals surface area contributed by atoms with Crippen LogP contribution in [0.15, 0.2) is 0 Å². The molecule has 116 valence electrons. The highest BCUT2D eigenvalue weighted by Crippen LogP contribution is 2.21. The molecule has 1 aliphatic carbocycles. The molecule has 0 atom stereocenters. The summed E-state index contributed by atoms with van der Waals surface area (Å²) < 4.78 is 5.36. The van der Waals surface area contributed by atoms with Crippen LogP contribution in [0.25, 0.3) is 0 Å². The smallest absolute Gasteiger partial charge is 0.168 e. The fourth-order valence-corrected chi connectivity index (χ4v) is 3.33. The maximum Gasteiger partial charge on any atom is 0.168 e. The summed E-state index contributed by atoms with van der Waals surface area (Å²) in [7, 11) is 2.15. The lowest BCUT2D eigenvalue weighted by Gasteiger charge is -2.33. The Morgan fingerprint density at radius 1 is 1.25 bits per heavy atom. The van der Waals surface area contributed by atoms with Gasteiger partial charge in [-0.05, 0) is 38.0 Å². The second kappa shape index (κ2) is 8.80. The maximum atomic E-state index is 5.51. The minimum atomic E-state index is 0.656. The van der Waals surface area contributed by atoms with E-state index in [0.29, 0.717) is 6.04 Å². The first kappa shape index (κ1) is 16.0. The van der Waals surface area contributed by atoms with Gasteiger partial charge in [0.25, 0.3) is 0 Å². The summed E-state index contributed by atoms with van der Waals surface area (Å²) in [6, 6.07) is 0.656. The van der Waals surface area contributed by atoms with Gasteiger partial charge >= 0.3 is 0 Å². The average Bonchev–Trinajstić information content (AvgIpc) is 2.52. The average molecular weight is 299 g/mol. The van der Waals surface area contributed by atoms with Gasteiger partial charge in [-0.15, -0.1) is 0 Å². The Balaban J connectivity index is 1.56. The fourth-order valence-electron chi connectivity index (χ4n) is 3.08. The van der Waals surface area contributed by atoms with Crippen LogP contribution in [0.2, 0.25) is 0 Å². The van der Waals surface area contributed by atoms with Crippen molar-refractivity contribution in [3.63, 3.8) is 0 Å². The normalized spacial score (nSPS) is 21.6. The summed E-state index contributed by atoms with van der Waals surface area (Å²) >= 11 is 5.51. The predicted molar refractivity (Wildman–Crippen MR) is 87.1 cm³/mol. The van der Waals surface area contributed by atoms with E-state index in [1.807, 2.05) is 0 Å². The zero-order valence-corrected chi connectivity index (χ0v) is 13.6. The van der Waals surface area contributed by atoms with Crippen molar-refractivity contribution in [3.8, 4) is 0 Å². The summed E-state index contributed by atoms with van der Waals surface area (Å²) in [6.07, 6.45) is 7.85. The third kappa shape index (κ3) is 5.19. The van der Waals surface area contributed by atoms with Crippen molar-refractivity contribution >= 4 is 17.3 Å².